The number of fused-ring (bicyclic) bond motifs is 2. The van der Waals surface area contributed by atoms with Crippen LogP contribution in [0.2, 0.25) is 0 Å². The second-order valence-corrected chi connectivity index (χ2v) is 9.14. The van der Waals surface area contributed by atoms with Crippen molar-refractivity contribution in [1.29, 1.82) is 0 Å². The zero-order valence-electron chi connectivity index (χ0n) is 14.6. The first-order chi connectivity index (χ1) is 14.3. The van der Waals surface area contributed by atoms with Crippen molar-refractivity contribution >= 4 is 20.2 Å². The first-order valence-electron chi connectivity index (χ1n) is 7.61. The molecule has 0 aromatic carbocycles. The van der Waals surface area contributed by atoms with Gasteiger partial charge >= 0.3 is 31.3 Å². The highest BCUT2D eigenvalue weighted by Crippen LogP contribution is 2.47. The van der Waals surface area contributed by atoms with Crippen LogP contribution >= 0.6 is 0 Å². The largest absolute Gasteiger partial charge is 0.536 e. The summed E-state index contributed by atoms with van der Waals surface area (Å²) in [5.41, 5.74) is -14.1. The minimum atomic E-state index is -6.36. The molecule has 180 valence electrons. The molecule has 4 N–H and O–H groups in total. The molecule has 0 spiro atoms. The van der Waals surface area contributed by atoms with Gasteiger partial charge in [-0.2, -0.15) is 43.2 Å². The van der Waals surface area contributed by atoms with Crippen LogP contribution in [0.4, 0.5) is 26.3 Å². The lowest BCUT2D eigenvalue weighted by Gasteiger charge is -2.11. The number of nitrogens with zero attached hydrogens (tertiary/aromatic N) is 2. The number of aromatic hydroxyl groups is 4. The van der Waals surface area contributed by atoms with Gasteiger partial charge < -0.3 is 20.4 Å². The molecule has 0 saturated carbocycles. The molecule has 1 aliphatic carbocycles. The van der Waals surface area contributed by atoms with Gasteiger partial charge in [-0.25, -0.2) is 0 Å². The molecule has 0 bridgehead atoms. The van der Waals surface area contributed by atoms with Crippen molar-refractivity contribution < 1.29 is 72.2 Å². The second kappa shape index (κ2) is 6.67. The Hall–Kier alpha value is -3.16. The molecule has 12 nitrogen and oxygen atoms in total. The summed E-state index contributed by atoms with van der Waals surface area (Å²) in [7, 11) is -12.7. The third-order valence-corrected chi connectivity index (χ3v) is 6.02. The van der Waals surface area contributed by atoms with Gasteiger partial charge in [-0.1, -0.05) is 9.46 Å². The molecule has 0 atom stereocenters. The van der Waals surface area contributed by atoms with E-state index in [4.69, 9.17) is 0 Å². The van der Waals surface area contributed by atoms with Gasteiger partial charge in [0.05, 0.1) is 0 Å². The molecular formula is C12H8F6N2O10S2. The summed E-state index contributed by atoms with van der Waals surface area (Å²) in [6, 6.07) is 0. The smallest absolute Gasteiger partial charge is 0.492 e. The van der Waals surface area contributed by atoms with Gasteiger partial charge in [0, 0.05) is 35.1 Å². The van der Waals surface area contributed by atoms with Crippen molar-refractivity contribution in [3.8, 4) is 23.5 Å². The van der Waals surface area contributed by atoms with Crippen molar-refractivity contribution in [2.45, 2.75) is 23.9 Å². The summed E-state index contributed by atoms with van der Waals surface area (Å²) in [6.07, 6.45) is -1.68. The molecule has 3 rings (SSSR count). The van der Waals surface area contributed by atoms with E-state index in [1.165, 1.54) is 0 Å². The molecule has 0 saturated heterocycles. The topological polar surface area (TPSA) is 178 Å². The lowest BCUT2D eigenvalue weighted by Crippen LogP contribution is -2.33. The Labute approximate surface area is 172 Å². The van der Waals surface area contributed by atoms with Crippen LogP contribution in [0.1, 0.15) is 22.3 Å². The predicted molar refractivity (Wildman–Crippen MR) is 84.2 cm³/mol. The van der Waals surface area contributed by atoms with Crippen LogP contribution < -0.4 is 8.57 Å². The molecule has 0 radical (unpaired) electrons. The van der Waals surface area contributed by atoms with E-state index in [9.17, 15) is 63.6 Å². The van der Waals surface area contributed by atoms with E-state index >= 15 is 0 Å². The summed E-state index contributed by atoms with van der Waals surface area (Å²) in [4.78, 5) is 0. The van der Waals surface area contributed by atoms with Crippen molar-refractivity contribution in [3.63, 3.8) is 0 Å². The van der Waals surface area contributed by atoms with E-state index in [0.29, 0.717) is 0 Å². The summed E-state index contributed by atoms with van der Waals surface area (Å²) in [5, 5.41) is 40.0. The van der Waals surface area contributed by atoms with E-state index < -0.39 is 99.3 Å². The minimum absolute atomic E-state index is 0.508. The molecular weight excluding hydrogens is 510 g/mol. The minimum Gasteiger partial charge on any atom is -0.492 e. The third-order valence-electron chi connectivity index (χ3n) is 4.20. The quantitative estimate of drug-likeness (QED) is 0.275. The van der Waals surface area contributed by atoms with Crippen LogP contribution in [0.25, 0.3) is 0 Å². The number of hydrogen-bond donors (Lipinski definition) is 4. The molecule has 0 aliphatic heterocycles. The first-order valence-corrected chi connectivity index (χ1v) is 10.4. The Morgan fingerprint density at radius 3 is 1.00 bits per heavy atom. The molecule has 2 heterocycles. The average Bonchev–Trinajstić information content (AvgIpc) is 2.99. The van der Waals surface area contributed by atoms with Gasteiger partial charge in [-0.3, -0.25) is 8.57 Å². The third kappa shape index (κ3) is 3.38. The number of alkyl halides is 6. The van der Waals surface area contributed by atoms with Crippen LogP contribution in [0.15, 0.2) is 0 Å². The standard InChI is InChI=1S/C12H8F6N2O10S2/c13-11(14,15)31(25,26)29-19-7(21)3-1-4-6(2-5(3)9(19)23)10(24)20(8(4)22)30-32(27,28)12(16,17)18/h21-24H,1-2H2. The Morgan fingerprint density at radius 2 is 0.812 bits per heavy atom. The molecule has 0 fully saturated rings. The zero-order chi connectivity index (χ0) is 24.6. The molecule has 2 aromatic heterocycles. The molecule has 32 heavy (non-hydrogen) atoms. The average molecular weight is 518 g/mol. The molecule has 1 aliphatic rings. The molecule has 0 amide bonds. The van der Waals surface area contributed by atoms with Gasteiger partial charge in [0.25, 0.3) is 0 Å². The maximum absolute atomic E-state index is 12.5. The predicted octanol–water partition coefficient (Wildman–Crippen LogP) is 0.163. The Balaban J connectivity index is 2.06. The van der Waals surface area contributed by atoms with Crippen LogP contribution in [0.3, 0.4) is 0 Å². The molecule has 20 heteroatoms. The van der Waals surface area contributed by atoms with Crippen molar-refractivity contribution in [2.24, 2.45) is 0 Å². The van der Waals surface area contributed by atoms with E-state index in [0.717, 1.165) is 0 Å². The Bertz CT molecular complexity index is 1170. The Morgan fingerprint density at radius 1 is 0.594 bits per heavy atom. The zero-order valence-corrected chi connectivity index (χ0v) is 16.3. The Kier molecular flexibility index (Phi) is 4.90. The van der Waals surface area contributed by atoms with Crippen molar-refractivity contribution in [2.75, 3.05) is 0 Å². The maximum Gasteiger partial charge on any atom is 0.536 e. The first kappa shape index (κ1) is 23.5. The lowest BCUT2D eigenvalue weighted by molar-refractivity contribution is -0.0559. The highest BCUT2D eigenvalue weighted by molar-refractivity contribution is 7.88. The van der Waals surface area contributed by atoms with Gasteiger partial charge in [0.1, 0.15) is 0 Å². The van der Waals surface area contributed by atoms with Crippen LogP contribution in [-0.2, 0) is 33.1 Å². The number of halogens is 6. The number of aromatic nitrogens is 2. The molecule has 0 unspecified atom stereocenters. The second-order valence-electron chi connectivity index (χ2n) is 6.10. The summed E-state index contributed by atoms with van der Waals surface area (Å²) >= 11 is 0. The van der Waals surface area contributed by atoms with Crippen LogP contribution in [0.5, 0.6) is 23.5 Å². The van der Waals surface area contributed by atoms with Gasteiger partial charge in [0.2, 0.25) is 23.5 Å². The number of hydrogen-bond acceptors (Lipinski definition) is 10. The summed E-state index contributed by atoms with van der Waals surface area (Å²) in [5.74, 6) is -5.59. The van der Waals surface area contributed by atoms with Gasteiger partial charge in [-0.05, 0) is 0 Å². The number of rotatable bonds is 4. The fourth-order valence-corrected chi connectivity index (χ4v) is 3.59. The van der Waals surface area contributed by atoms with Crippen LogP contribution in [-0.4, -0.2) is 57.7 Å². The van der Waals surface area contributed by atoms with Crippen molar-refractivity contribution in [3.05, 3.63) is 22.3 Å². The maximum atomic E-state index is 12.5. The fraction of sp³-hybridized carbons (Fsp3) is 0.333. The highest BCUT2D eigenvalue weighted by atomic mass is 32.2. The van der Waals surface area contributed by atoms with Gasteiger partial charge in [0.15, 0.2) is 0 Å². The van der Waals surface area contributed by atoms with Crippen molar-refractivity contribution in [1.82, 2.24) is 9.46 Å². The molecule has 2 aromatic rings. The van der Waals surface area contributed by atoms with Gasteiger partial charge in [-0.15, -0.1) is 0 Å². The fourth-order valence-electron chi connectivity index (χ4n) is 2.75. The van der Waals surface area contributed by atoms with E-state index in [1.807, 2.05) is 0 Å². The van der Waals surface area contributed by atoms with E-state index in [1.54, 1.807) is 0 Å². The lowest BCUT2D eigenvalue weighted by atomic mass is 9.90. The van der Waals surface area contributed by atoms with E-state index in [-0.39, 0.29) is 0 Å². The summed E-state index contributed by atoms with van der Waals surface area (Å²) < 4.78 is 126. The summed E-state index contributed by atoms with van der Waals surface area (Å²) in [6.45, 7) is 0. The normalized spacial score (nSPS) is 14.7. The van der Waals surface area contributed by atoms with E-state index in [2.05, 4.69) is 8.57 Å². The highest BCUT2D eigenvalue weighted by Gasteiger charge is 2.51. The SMILES string of the molecule is O=S(=O)(On1c(O)c2c(c1O)Cc1c(c(O)n(OS(=O)(=O)C(F)(F)F)c1O)C2)C(F)(F)F. The monoisotopic (exact) mass is 518 g/mol. The van der Waals surface area contributed by atoms with Crippen LogP contribution in [0, 0.1) is 0 Å².